The lowest BCUT2D eigenvalue weighted by Gasteiger charge is -2.29. The van der Waals surface area contributed by atoms with E-state index in [0.29, 0.717) is 11.4 Å². The van der Waals surface area contributed by atoms with Crippen molar-refractivity contribution in [3.63, 3.8) is 0 Å². The largest absolute Gasteiger partial charge is 0.505 e. The molecule has 0 unspecified atom stereocenters. The lowest BCUT2D eigenvalue weighted by molar-refractivity contribution is -0.115. The lowest BCUT2D eigenvalue weighted by Crippen LogP contribution is -2.42. The normalized spacial score (nSPS) is 13.6. The number of pyridine rings is 1. The summed E-state index contributed by atoms with van der Waals surface area (Å²) >= 11 is 0. The van der Waals surface area contributed by atoms with Crippen LogP contribution >= 0.6 is 0 Å². The maximum atomic E-state index is 12.5. The average molecular weight is 269 g/mol. The Labute approximate surface area is 114 Å². The Kier molecular flexibility index (Phi) is 2.83. The predicted molar refractivity (Wildman–Crippen MR) is 72.7 cm³/mol. The van der Waals surface area contributed by atoms with E-state index < -0.39 is 5.91 Å². The number of nitrogens with one attached hydrogen (secondary N) is 1. The SMILES string of the molecule is O=C1CN(C(=O)c2ccncc2O)c2ccccc2N1. The van der Waals surface area contributed by atoms with Crippen LogP contribution < -0.4 is 10.2 Å². The predicted octanol–water partition coefficient (Wildman–Crippen LogP) is 1.39. The van der Waals surface area contributed by atoms with Crippen LogP contribution in [0.15, 0.2) is 42.7 Å². The zero-order chi connectivity index (χ0) is 14.1. The summed E-state index contributed by atoms with van der Waals surface area (Å²) in [4.78, 5) is 29.2. The molecule has 100 valence electrons. The van der Waals surface area contributed by atoms with Gasteiger partial charge in [0.2, 0.25) is 5.91 Å². The van der Waals surface area contributed by atoms with Crippen molar-refractivity contribution in [2.75, 3.05) is 16.8 Å². The molecule has 6 heteroatoms. The summed E-state index contributed by atoms with van der Waals surface area (Å²) in [6, 6.07) is 8.44. The van der Waals surface area contributed by atoms with Crippen molar-refractivity contribution in [1.29, 1.82) is 0 Å². The number of carbonyl (C=O) groups excluding carboxylic acids is 2. The number of carbonyl (C=O) groups is 2. The Morgan fingerprint density at radius 1 is 1.30 bits per heavy atom. The molecule has 1 aliphatic rings. The molecule has 0 saturated heterocycles. The molecule has 0 saturated carbocycles. The van der Waals surface area contributed by atoms with Gasteiger partial charge in [-0.3, -0.25) is 19.5 Å². The smallest absolute Gasteiger partial charge is 0.262 e. The summed E-state index contributed by atoms with van der Waals surface area (Å²) in [5, 5.41) is 12.4. The van der Waals surface area contributed by atoms with Crippen LogP contribution in [0.1, 0.15) is 10.4 Å². The van der Waals surface area contributed by atoms with Crippen LogP contribution in [0.3, 0.4) is 0 Å². The van der Waals surface area contributed by atoms with E-state index in [1.807, 2.05) is 0 Å². The van der Waals surface area contributed by atoms with Gasteiger partial charge in [0, 0.05) is 6.20 Å². The number of aromatic nitrogens is 1. The molecular formula is C14H11N3O3. The van der Waals surface area contributed by atoms with Crippen LogP contribution in [0.2, 0.25) is 0 Å². The molecule has 3 rings (SSSR count). The molecule has 20 heavy (non-hydrogen) atoms. The molecule has 2 amide bonds. The molecule has 1 aromatic carbocycles. The van der Waals surface area contributed by atoms with Gasteiger partial charge in [-0.25, -0.2) is 0 Å². The standard InChI is InChI=1S/C14H11N3O3/c18-12-7-15-6-5-9(12)14(20)17-8-13(19)16-10-3-1-2-4-11(10)17/h1-7,18H,8H2,(H,16,19). The van der Waals surface area contributed by atoms with E-state index in [4.69, 9.17) is 0 Å². The molecule has 2 N–H and O–H groups in total. The maximum absolute atomic E-state index is 12.5. The van der Waals surface area contributed by atoms with Crippen LogP contribution in [-0.4, -0.2) is 28.4 Å². The van der Waals surface area contributed by atoms with Gasteiger partial charge in [0.25, 0.3) is 5.91 Å². The van der Waals surface area contributed by atoms with Gasteiger partial charge in [0.05, 0.1) is 23.1 Å². The third-order valence-corrected chi connectivity index (χ3v) is 3.05. The van der Waals surface area contributed by atoms with Crippen LogP contribution in [0.5, 0.6) is 5.75 Å². The minimum Gasteiger partial charge on any atom is -0.505 e. The maximum Gasteiger partial charge on any atom is 0.262 e. The number of para-hydroxylation sites is 2. The van der Waals surface area contributed by atoms with Crippen molar-refractivity contribution < 1.29 is 14.7 Å². The fourth-order valence-corrected chi connectivity index (χ4v) is 2.13. The first-order valence-electron chi connectivity index (χ1n) is 6.00. The summed E-state index contributed by atoms with van der Waals surface area (Å²) in [6.45, 7) is -0.0857. The van der Waals surface area contributed by atoms with Gasteiger partial charge in [-0.15, -0.1) is 0 Å². The minimum absolute atomic E-state index is 0.0857. The highest BCUT2D eigenvalue weighted by Crippen LogP contribution is 2.31. The molecule has 0 radical (unpaired) electrons. The van der Waals surface area contributed by atoms with Crippen molar-refractivity contribution in [3.05, 3.63) is 48.3 Å². The van der Waals surface area contributed by atoms with Crippen molar-refractivity contribution in [3.8, 4) is 5.75 Å². The number of fused-ring (bicyclic) bond motifs is 1. The number of hydrogen-bond acceptors (Lipinski definition) is 4. The van der Waals surface area contributed by atoms with Crippen LogP contribution in [-0.2, 0) is 4.79 Å². The number of hydrogen-bond donors (Lipinski definition) is 2. The van der Waals surface area contributed by atoms with Crippen molar-refractivity contribution in [2.45, 2.75) is 0 Å². The molecule has 1 aliphatic heterocycles. The van der Waals surface area contributed by atoms with E-state index in [2.05, 4.69) is 10.3 Å². The Morgan fingerprint density at radius 2 is 2.10 bits per heavy atom. The number of rotatable bonds is 1. The number of aromatic hydroxyl groups is 1. The first-order chi connectivity index (χ1) is 9.66. The van der Waals surface area contributed by atoms with Gasteiger partial charge < -0.3 is 10.4 Å². The molecular weight excluding hydrogens is 258 g/mol. The van der Waals surface area contributed by atoms with Gasteiger partial charge in [-0.05, 0) is 18.2 Å². The quantitative estimate of drug-likeness (QED) is 0.819. The Bertz CT molecular complexity index is 700. The Hall–Kier alpha value is -2.89. The summed E-state index contributed by atoms with van der Waals surface area (Å²) in [5.41, 5.74) is 1.29. The highest BCUT2D eigenvalue weighted by Gasteiger charge is 2.28. The number of nitrogens with zero attached hydrogens (tertiary/aromatic N) is 2. The monoisotopic (exact) mass is 269 g/mol. The molecule has 0 fully saturated rings. The fraction of sp³-hybridized carbons (Fsp3) is 0.0714. The molecule has 2 aromatic rings. The summed E-state index contributed by atoms with van der Waals surface area (Å²) in [5.74, 6) is -0.918. The summed E-state index contributed by atoms with van der Waals surface area (Å²) in [6.07, 6.45) is 2.62. The molecule has 0 aliphatic carbocycles. The van der Waals surface area contributed by atoms with E-state index in [-0.39, 0.29) is 23.8 Å². The van der Waals surface area contributed by atoms with E-state index in [1.165, 1.54) is 23.4 Å². The molecule has 6 nitrogen and oxygen atoms in total. The zero-order valence-electron chi connectivity index (χ0n) is 10.4. The second-order valence-corrected chi connectivity index (χ2v) is 4.35. The van der Waals surface area contributed by atoms with Gasteiger partial charge in [0.15, 0.2) is 0 Å². The Morgan fingerprint density at radius 3 is 2.90 bits per heavy atom. The highest BCUT2D eigenvalue weighted by molar-refractivity contribution is 6.15. The van der Waals surface area contributed by atoms with E-state index >= 15 is 0 Å². The molecule has 2 heterocycles. The summed E-state index contributed by atoms with van der Waals surface area (Å²) in [7, 11) is 0. The van der Waals surface area contributed by atoms with E-state index in [1.54, 1.807) is 24.3 Å². The number of benzene rings is 1. The molecule has 0 atom stereocenters. The first-order valence-corrected chi connectivity index (χ1v) is 6.00. The third kappa shape index (κ3) is 1.97. The van der Waals surface area contributed by atoms with Crippen LogP contribution in [0.25, 0.3) is 0 Å². The topological polar surface area (TPSA) is 82.5 Å². The van der Waals surface area contributed by atoms with E-state index in [0.717, 1.165) is 0 Å². The first kappa shape index (κ1) is 12.2. The highest BCUT2D eigenvalue weighted by atomic mass is 16.3. The van der Waals surface area contributed by atoms with E-state index in [9.17, 15) is 14.7 Å². The van der Waals surface area contributed by atoms with Crippen LogP contribution in [0, 0.1) is 0 Å². The molecule has 0 bridgehead atoms. The number of amides is 2. The van der Waals surface area contributed by atoms with Crippen molar-refractivity contribution in [2.24, 2.45) is 0 Å². The van der Waals surface area contributed by atoms with Gasteiger partial charge in [-0.2, -0.15) is 0 Å². The zero-order valence-corrected chi connectivity index (χ0v) is 10.4. The fourth-order valence-electron chi connectivity index (χ4n) is 2.13. The third-order valence-electron chi connectivity index (χ3n) is 3.05. The Balaban J connectivity index is 2.05. The number of anilines is 2. The van der Waals surface area contributed by atoms with Gasteiger partial charge >= 0.3 is 0 Å². The second-order valence-electron chi connectivity index (χ2n) is 4.35. The summed E-state index contributed by atoms with van der Waals surface area (Å²) < 4.78 is 0. The van der Waals surface area contributed by atoms with Crippen LogP contribution in [0.4, 0.5) is 11.4 Å². The van der Waals surface area contributed by atoms with Crippen molar-refractivity contribution >= 4 is 23.2 Å². The van der Waals surface area contributed by atoms with Crippen molar-refractivity contribution in [1.82, 2.24) is 4.98 Å². The molecule has 1 aromatic heterocycles. The minimum atomic E-state index is -0.438. The average Bonchev–Trinajstić information content (AvgIpc) is 2.46. The van der Waals surface area contributed by atoms with Gasteiger partial charge in [-0.1, -0.05) is 12.1 Å². The molecule has 0 spiro atoms. The van der Waals surface area contributed by atoms with Gasteiger partial charge in [0.1, 0.15) is 12.3 Å². The second kappa shape index (κ2) is 4.65. The lowest BCUT2D eigenvalue weighted by atomic mass is 10.1.